The van der Waals surface area contributed by atoms with Crippen LogP contribution in [0.4, 0.5) is 0 Å². The van der Waals surface area contributed by atoms with Crippen LogP contribution in [-0.4, -0.2) is 28.5 Å². The first kappa shape index (κ1) is 18.1. The summed E-state index contributed by atoms with van der Waals surface area (Å²) in [5, 5.41) is 2.04. The molecule has 4 heterocycles. The maximum absolute atomic E-state index is 13.3. The molecule has 4 nitrogen and oxygen atoms in total. The van der Waals surface area contributed by atoms with Gasteiger partial charge in [-0.15, -0.1) is 11.3 Å². The highest BCUT2D eigenvalue weighted by molar-refractivity contribution is 7.11. The third-order valence-corrected chi connectivity index (χ3v) is 6.83. The minimum atomic E-state index is 0.0543. The number of carbonyl (C=O) groups excluding carboxylic acids is 1. The van der Waals surface area contributed by atoms with Gasteiger partial charge in [-0.2, -0.15) is 0 Å². The summed E-state index contributed by atoms with van der Waals surface area (Å²) in [6.07, 6.45) is 2.84. The smallest absolute Gasteiger partial charge is 0.250 e. The van der Waals surface area contributed by atoms with Crippen molar-refractivity contribution in [3.8, 4) is 0 Å². The van der Waals surface area contributed by atoms with Gasteiger partial charge < -0.3 is 9.47 Å². The van der Waals surface area contributed by atoms with Crippen LogP contribution in [0.1, 0.15) is 28.5 Å². The van der Waals surface area contributed by atoms with Gasteiger partial charge >= 0.3 is 0 Å². The first-order valence-electron chi connectivity index (χ1n) is 9.98. The number of piperidine rings is 1. The predicted octanol–water partition coefficient (Wildman–Crippen LogP) is 3.99. The first-order chi connectivity index (χ1) is 14.2. The number of pyridine rings is 1. The average molecular weight is 403 g/mol. The van der Waals surface area contributed by atoms with E-state index in [9.17, 15) is 9.59 Å². The zero-order valence-corrected chi connectivity index (χ0v) is 16.8. The van der Waals surface area contributed by atoms with Crippen molar-refractivity contribution in [1.29, 1.82) is 0 Å². The van der Waals surface area contributed by atoms with Gasteiger partial charge in [-0.05, 0) is 35.4 Å². The van der Waals surface area contributed by atoms with E-state index in [0.717, 1.165) is 28.1 Å². The van der Waals surface area contributed by atoms with Crippen LogP contribution < -0.4 is 5.56 Å². The molecule has 2 atom stereocenters. The Balaban J connectivity index is 1.46. The molecule has 0 saturated carbocycles. The third-order valence-electron chi connectivity index (χ3n) is 5.93. The molecule has 2 aromatic heterocycles. The Bertz CT molecular complexity index is 1120. The number of hydrogen-bond donors (Lipinski definition) is 0. The highest BCUT2D eigenvalue weighted by Crippen LogP contribution is 2.35. The first-order valence-corrected chi connectivity index (χ1v) is 10.9. The van der Waals surface area contributed by atoms with Crippen LogP contribution in [0.3, 0.4) is 0 Å². The van der Waals surface area contributed by atoms with Gasteiger partial charge in [0.15, 0.2) is 0 Å². The van der Waals surface area contributed by atoms with Gasteiger partial charge in [-0.3, -0.25) is 9.59 Å². The van der Waals surface area contributed by atoms with E-state index < -0.39 is 0 Å². The average Bonchev–Trinajstić information content (AvgIpc) is 3.28. The van der Waals surface area contributed by atoms with E-state index in [1.54, 1.807) is 23.5 Å². The van der Waals surface area contributed by atoms with Crippen molar-refractivity contribution in [2.45, 2.75) is 18.9 Å². The van der Waals surface area contributed by atoms with E-state index >= 15 is 0 Å². The molecule has 0 spiro atoms. The van der Waals surface area contributed by atoms with Crippen molar-refractivity contribution in [2.75, 3.05) is 13.1 Å². The summed E-state index contributed by atoms with van der Waals surface area (Å²) in [6.45, 7) is 2.08. The number of hydrogen-bond acceptors (Lipinski definition) is 3. The maximum atomic E-state index is 13.3. The summed E-state index contributed by atoms with van der Waals surface area (Å²) in [6, 6.07) is 19.7. The van der Waals surface area contributed by atoms with Gasteiger partial charge in [-0.25, -0.2) is 0 Å². The summed E-state index contributed by atoms with van der Waals surface area (Å²) >= 11 is 1.65. The fourth-order valence-electron chi connectivity index (χ4n) is 4.64. The van der Waals surface area contributed by atoms with Crippen LogP contribution in [-0.2, 0) is 11.3 Å². The zero-order chi connectivity index (χ0) is 19.8. The molecule has 1 saturated heterocycles. The van der Waals surface area contributed by atoms with E-state index in [1.165, 1.54) is 0 Å². The van der Waals surface area contributed by atoms with E-state index in [2.05, 4.69) is 6.07 Å². The molecule has 0 aliphatic carbocycles. The molecule has 0 N–H and O–H groups in total. The molecule has 0 radical (unpaired) electrons. The van der Waals surface area contributed by atoms with E-state index in [-0.39, 0.29) is 17.4 Å². The summed E-state index contributed by atoms with van der Waals surface area (Å²) in [5.74, 6) is 0.620. The number of thiophene rings is 1. The number of amides is 1. The minimum Gasteiger partial charge on any atom is -0.338 e. The predicted molar refractivity (Wildman–Crippen MR) is 116 cm³/mol. The molecule has 5 rings (SSSR count). The fourth-order valence-corrected chi connectivity index (χ4v) is 5.40. The normalized spacial score (nSPS) is 21.0. The molecule has 1 aromatic carbocycles. The highest BCUT2D eigenvalue weighted by Gasteiger charge is 2.35. The molecular formula is C24H22N2O2S. The SMILES string of the molecule is O=C(C=C(c1ccccc1)c1cccs1)N1CC2CC(C1)c1cccc(=O)n1C2. The topological polar surface area (TPSA) is 42.3 Å². The largest absolute Gasteiger partial charge is 0.338 e. The molecule has 1 fully saturated rings. The van der Waals surface area contributed by atoms with Gasteiger partial charge in [0, 0.05) is 53.8 Å². The second-order valence-corrected chi connectivity index (χ2v) is 8.79. The Kier molecular flexibility index (Phi) is 4.68. The summed E-state index contributed by atoms with van der Waals surface area (Å²) in [4.78, 5) is 28.6. The summed E-state index contributed by atoms with van der Waals surface area (Å²) in [5.41, 5.74) is 3.16. The van der Waals surface area contributed by atoms with Crippen molar-refractivity contribution in [1.82, 2.24) is 9.47 Å². The number of nitrogens with zero attached hydrogens (tertiary/aromatic N) is 2. The quantitative estimate of drug-likeness (QED) is 0.622. The van der Waals surface area contributed by atoms with Gasteiger partial charge in [0.1, 0.15) is 0 Å². The van der Waals surface area contributed by atoms with Gasteiger partial charge in [0.2, 0.25) is 5.91 Å². The Labute approximate surface area is 173 Å². The van der Waals surface area contributed by atoms with Crippen LogP contribution >= 0.6 is 11.3 Å². The number of benzene rings is 1. The molecule has 1 amide bonds. The number of likely N-dealkylation sites (tertiary alicyclic amines) is 1. The number of carbonyl (C=O) groups is 1. The number of rotatable bonds is 3. The Morgan fingerprint density at radius 2 is 1.83 bits per heavy atom. The van der Waals surface area contributed by atoms with Crippen molar-refractivity contribution >= 4 is 22.8 Å². The zero-order valence-electron chi connectivity index (χ0n) is 16.0. The molecule has 2 aliphatic heterocycles. The van der Waals surface area contributed by atoms with Crippen LogP contribution in [0, 0.1) is 5.92 Å². The van der Waals surface area contributed by atoms with Crippen molar-refractivity contribution < 1.29 is 4.79 Å². The van der Waals surface area contributed by atoms with Crippen LogP contribution in [0.15, 0.2) is 76.9 Å². The van der Waals surface area contributed by atoms with E-state index in [1.807, 2.05) is 63.4 Å². The third kappa shape index (κ3) is 3.47. The van der Waals surface area contributed by atoms with E-state index in [4.69, 9.17) is 0 Å². The lowest BCUT2D eigenvalue weighted by Gasteiger charge is -2.42. The van der Waals surface area contributed by atoms with Gasteiger partial charge in [0.05, 0.1) is 0 Å². The minimum absolute atomic E-state index is 0.0543. The van der Waals surface area contributed by atoms with Crippen LogP contribution in [0.5, 0.6) is 0 Å². The Morgan fingerprint density at radius 3 is 2.62 bits per heavy atom. The van der Waals surface area contributed by atoms with Crippen LogP contribution in [0.25, 0.3) is 5.57 Å². The lowest BCUT2D eigenvalue weighted by Crippen LogP contribution is -2.48. The lowest BCUT2D eigenvalue weighted by atomic mass is 9.83. The molecule has 3 aromatic rings. The molecule has 146 valence electrons. The molecule has 5 heteroatoms. The fraction of sp³-hybridized carbons (Fsp3) is 0.250. The molecule has 2 aliphatic rings. The van der Waals surface area contributed by atoms with Gasteiger partial charge in [0.25, 0.3) is 5.56 Å². The van der Waals surface area contributed by atoms with Crippen molar-refractivity contribution in [3.05, 3.63) is 98.6 Å². The highest BCUT2D eigenvalue weighted by atomic mass is 32.1. The summed E-state index contributed by atoms with van der Waals surface area (Å²) < 4.78 is 1.90. The standard InChI is InChI=1S/C24H22N2O2S/c27-23-10-4-8-21-19-12-17(15-26(21)23)14-25(16-19)24(28)13-20(22-9-5-11-29-22)18-6-2-1-3-7-18/h1-11,13,17,19H,12,14-16H2. The van der Waals surface area contributed by atoms with Gasteiger partial charge in [-0.1, -0.05) is 42.5 Å². The second kappa shape index (κ2) is 7.48. The summed E-state index contributed by atoms with van der Waals surface area (Å²) in [7, 11) is 0. The van der Waals surface area contributed by atoms with Crippen molar-refractivity contribution in [2.24, 2.45) is 5.92 Å². The monoisotopic (exact) mass is 402 g/mol. The molecular weight excluding hydrogens is 380 g/mol. The number of fused-ring (bicyclic) bond motifs is 4. The maximum Gasteiger partial charge on any atom is 0.250 e. The Hall–Kier alpha value is -2.92. The van der Waals surface area contributed by atoms with Crippen LogP contribution in [0.2, 0.25) is 0 Å². The number of aromatic nitrogens is 1. The molecule has 2 unspecified atom stereocenters. The van der Waals surface area contributed by atoms with Crippen molar-refractivity contribution in [3.63, 3.8) is 0 Å². The molecule has 29 heavy (non-hydrogen) atoms. The van der Waals surface area contributed by atoms with E-state index in [0.29, 0.717) is 25.6 Å². The second-order valence-electron chi connectivity index (χ2n) is 7.84. The Morgan fingerprint density at radius 1 is 0.966 bits per heavy atom. The molecule has 2 bridgehead atoms. The lowest BCUT2D eigenvalue weighted by molar-refractivity contribution is -0.128.